The number of ether oxygens (including phenoxy) is 1. The average Bonchev–Trinajstić information content (AvgIpc) is 2.47. The zero-order valence-electron chi connectivity index (χ0n) is 12.1. The van der Waals surface area contributed by atoms with Crippen LogP contribution in [0.25, 0.3) is 0 Å². The van der Waals surface area contributed by atoms with E-state index in [1.165, 1.54) is 11.1 Å². The van der Waals surface area contributed by atoms with Gasteiger partial charge in [-0.2, -0.15) is 0 Å². The zero-order valence-corrected chi connectivity index (χ0v) is 12.1. The molecular formula is C16H24N2O2. The van der Waals surface area contributed by atoms with Crippen LogP contribution < -0.4 is 11.1 Å². The molecule has 0 saturated carbocycles. The van der Waals surface area contributed by atoms with Crippen molar-refractivity contribution < 1.29 is 9.53 Å². The summed E-state index contributed by atoms with van der Waals surface area (Å²) in [4.78, 5) is 11.4. The number of aryl methyl sites for hydroxylation is 1. The van der Waals surface area contributed by atoms with Gasteiger partial charge in [0.05, 0.1) is 12.7 Å². The van der Waals surface area contributed by atoms with Gasteiger partial charge >= 0.3 is 0 Å². The molecule has 1 aliphatic carbocycles. The minimum Gasteiger partial charge on any atom is -0.371 e. The molecule has 1 amide bonds. The van der Waals surface area contributed by atoms with E-state index in [1.54, 1.807) is 0 Å². The maximum absolute atomic E-state index is 11.4. The number of carbonyl (C=O) groups is 1. The summed E-state index contributed by atoms with van der Waals surface area (Å²) >= 11 is 0. The van der Waals surface area contributed by atoms with Crippen molar-refractivity contribution in [2.75, 3.05) is 13.2 Å². The molecule has 2 unspecified atom stereocenters. The molecule has 1 aromatic rings. The molecule has 4 heteroatoms. The Bertz CT molecular complexity index is 448. The van der Waals surface area contributed by atoms with E-state index in [0.29, 0.717) is 6.61 Å². The standard InChI is InChI=1S/C16H24N2O2/c1-2-10-18-14(16(17)19)11-20-15-9-5-7-12-6-3-4-8-13(12)15/h3-4,6,8,14-15,18H,2,5,7,9-11H2,1H3,(H2,17,19). The van der Waals surface area contributed by atoms with Crippen LogP contribution in [0, 0.1) is 0 Å². The average molecular weight is 276 g/mol. The lowest BCUT2D eigenvalue weighted by molar-refractivity contribution is -0.122. The zero-order chi connectivity index (χ0) is 14.4. The van der Waals surface area contributed by atoms with E-state index in [4.69, 9.17) is 10.5 Å². The van der Waals surface area contributed by atoms with E-state index in [0.717, 1.165) is 32.2 Å². The molecular weight excluding hydrogens is 252 g/mol. The first-order valence-corrected chi connectivity index (χ1v) is 7.44. The summed E-state index contributed by atoms with van der Waals surface area (Å²) in [7, 11) is 0. The van der Waals surface area contributed by atoms with Crippen molar-refractivity contribution in [1.82, 2.24) is 5.32 Å². The summed E-state index contributed by atoms with van der Waals surface area (Å²) in [5, 5.41) is 3.13. The van der Waals surface area contributed by atoms with Gasteiger partial charge in [-0.15, -0.1) is 0 Å². The summed E-state index contributed by atoms with van der Waals surface area (Å²) < 4.78 is 5.97. The molecule has 2 atom stereocenters. The molecule has 4 nitrogen and oxygen atoms in total. The van der Waals surface area contributed by atoms with Crippen molar-refractivity contribution in [3.05, 3.63) is 35.4 Å². The first-order valence-electron chi connectivity index (χ1n) is 7.44. The predicted octanol–water partition coefficient (Wildman–Crippen LogP) is 1.93. The highest BCUT2D eigenvalue weighted by Crippen LogP contribution is 2.32. The molecule has 3 N–H and O–H groups in total. The minimum absolute atomic E-state index is 0.0882. The Balaban J connectivity index is 1.95. The monoisotopic (exact) mass is 276 g/mol. The Labute approximate surface area is 120 Å². The first-order chi connectivity index (χ1) is 9.72. The number of hydrogen-bond donors (Lipinski definition) is 2. The van der Waals surface area contributed by atoms with E-state index in [-0.39, 0.29) is 12.0 Å². The lowest BCUT2D eigenvalue weighted by Crippen LogP contribution is -2.45. The highest BCUT2D eigenvalue weighted by Gasteiger charge is 2.23. The third-order valence-corrected chi connectivity index (χ3v) is 3.76. The fourth-order valence-corrected chi connectivity index (χ4v) is 2.66. The largest absolute Gasteiger partial charge is 0.371 e. The quantitative estimate of drug-likeness (QED) is 0.800. The molecule has 20 heavy (non-hydrogen) atoms. The van der Waals surface area contributed by atoms with Crippen LogP contribution in [0.4, 0.5) is 0 Å². The van der Waals surface area contributed by atoms with Crippen molar-refractivity contribution in [1.29, 1.82) is 0 Å². The van der Waals surface area contributed by atoms with Gasteiger partial charge in [0.2, 0.25) is 5.91 Å². The lowest BCUT2D eigenvalue weighted by Gasteiger charge is -2.27. The number of nitrogens with two attached hydrogens (primary N) is 1. The molecule has 110 valence electrons. The highest BCUT2D eigenvalue weighted by atomic mass is 16.5. The third-order valence-electron chi connectivity index (χ3n) is 3.76. The van der Waals surface area contributed by atoms with Crippen molar-refractivity contribution in [2.24, 2.45) is 5.73 Å². The van der Waals surface area contributed by atoms with Gasteiger partial charge in [-0.05, 0) is 43.4 Å². The fraction of sp³-hybridized carbons (Fsp3) is 0.562. The van der Waals surface area contributed by atoms with E-state index in [1.807, 2.05) is 6.07 Å². The molecule has 0 saturated heterocycles. The highest BCUT2D eigenvalue weighted by molar-refractivity contribution is 5.79. The Kier molecular flexibility index (Phi) is 5.56. The van der Waals surface area contributed by atoms with Gasteiger partial charge in [-0.25, -0.2) is 0 Å². The topological polar surface area (TPSA) is 64.3 Å². The van der Waals surface area contributed by atoms with E-state index in [9.17, 15) is 4.79 Å². The summed E-state index contributed by atoms with van der Waals surface area (Å²) in [5.41, 5.74) is 8.03. The van der Waals surface area contributed by atoms with Crippen LogP contribution in [0.2, 0.25) is 0 Å². The van der Waals surface area contributed by atoms with Crippen LogP contribution in [0.3, 0.4) is 0 Å². The van der Waals surface area contributed by atoms with Crippen molar-refractivity contribution in [2.45, 2.75) is 44.8 Å². The van der Waals surface area contributed by atoms with Crippen LogP contribution in [-0.4, -0.2) is 25.1 Å². The number of fused-ring (bicyclic) bond motifs is 1. The van der Waals surface area contributed by atoms with E-state index < -0.39 is 6.04 Å². The third kappa shape index (κ3) is 3.81. The van der Waals surface area contributed by atoms with Crippen LogP contribution in [0.15, 0.2) is 24.3 Å². The predicted molar refractivity (Wildman–Crippen MR) is 79.3 cm³/mol. The van der Waals surface area contributed by atoms with E-state index >= 15 is 0 Å². The molecule has 1 aromatic carbocycles. The maximum atomic E-state index is 11.4. The normalized spacial score (nSPS) is 19.4. The number of nitrogens with one attached hydrogen (secondary N) is 1. The second-order valence-corrected chi connectivity index (χ2v) is 5.32. The first kappa shape index (κ1) is 15.0. The number of amides is 1. The van der Waals surface area contributed by atoms with Crippen molar-refractivity contribution in [3.63, 3.8) is 0 Å². The SMILES string of the molecule is CCCNC(COC1CCCc2ccccc21)C(N)=O. The smallest absolute Gasteiger partial charge is 0.236 e. The minimum atomic E-state index is -0.399. The Morgan fingerprint density at radius 2 is 2.30 bits per heavy atom. The van der Waals surface area contributed by atoms with Gasteiger partial charge < -0.3 is 15.8 Å². The summed E-state index contributed by atoms with van der Waals surface area (Å²) in [6.07, 6.45) is 4.31. The van der Waals surface area contributed by atoms with E-state index in [2.05, 4.69) is 30.4 Å². The number of carbonyl (C=O) groups excluding carboxylic acids is 1. The molecule has 0 heterocycles. The molecule has 0 fully saturated rings. The fourth-order valence-electron chi connectivity index (χ4n) is 2.66. The van der Waals surface area contributed by atoms with Crippen LogP contribution in [-0.2, 0) is 16.0 Å². The van der Waals surface area contributed by atoms with Crippen LogP contribution in [0.1, 0.15) is 43.4 Å². The van der Waals surface area contributed by atoms with Gasteiger partial charge in [-0.1, -0.05) is 31.2 Å². The summed E-state index contributed by atoms with van der Waals surface area (Å²) in [6, 6.07) is 7.99. The number of benzene rings is 1. The molecule has 0 radical (unpaired) electrons. The second kappa shape index (κ2) is 7.41. The van der Waals surface area contributed by atoms with Crippen molar-refractivity contribution >= 4 is 5.91 Å². The summed E-state index contributed by atoms with van der Waals surface area (Å²) in [6.45, 7) is 3.18. The van der Waals surface area contributed by atoms with Gasteiger partial charge in [0.25, 0.3) is 0 Å². The molecule has 0 aliphatic heterocycles. The second-order valence-electron chi connectivity index (χ2n) is 5.32. The van der Waals surface area contributed by atoms with Gasteiger partial charge in [0, 0.05) is 0 Å². The molecule has 0 spiro atoms. The number of rotatable bonds is 7. The Hall–Kier alpha value is -1.39. The van der Waals surface area contributed by atoms with Gasteiger partial charge in [0.1, 0.15) is 6.04 Å². The Morgan fingerprint density at radius 1 is 1.50 bits per heavy atom. The molecule has 0 bridgehead atoms. The number of primary amides is 1. The molecule has 0 aromatic heterocycles. The summed E-state index contributed by atoms with van der Waals surface area (Å²) in [5.74, 6) is -0.345. The van der Waals surface area contributed by atoms with Crippen LogP contribution in [0.5, 0.6) is 0 Å². The number of hydrogen-bond acceptors (Lipinski definition) is 3. The Morgan fingerprint density at radius 3 is 3.05 bits per heavy atom. The molecule has 1 aliphatic rings. The molecule has 2 rings (SSSR count). The maximum Gasteiger partial charge on any atom is 0.236 e. The van der Waals surface area contributed by atoms with Gasteiger partial charge in [0.15, 0.2) is 0 Å². The van der Waals surface area contributed by atoms with Crippen molar-refractivity contribution in [3.8, 4) is 0 Å². The van der Waals surface area contributed by atoms with Gasteiger partial charge in [-0.3, -0.25) is 4.79 Å². The lowest BCUT2D eigenvalue weighted by atomic mass is 9.89. The van der Waals surface area contributed by atoms with Crippen LogP contribution >= 0.6 is 0 Å².